The zero-order valence-electron chi connectivity index (χ0n) is 17.7. The lowest BCUT2D eigenvalue weighted by atomic mass is 9.99. The summed E-state index contributed by atoms with van der Waals surface area (Å²) in [5, 5.41) is 0. The maximum atomic E-state index is 13.2. The van der Waals surface area contributed by atoms with Gasteiger partial charge in [0.25, 0.3) is 0 Å². The van der Waals surface area contributed by atoms with E-state index in [4.69, 9.17) is 15.2 Å². The Balaban J connectivity index is 1.61. The number of hydrogen-bond acceptors (Lipinski definition) is 6. The molecule has 4 rings (SSSR count). The van der Waals surface area contributed by atoms with Crippen molar-refractivity contribution in [3.05, 3.63) is 66.0 Å². The Bertz CT molecular complexity index is 1050. The summed E-state index contributed by atoms with van der Waals surface area (Å²) in [6, 6.07) is 15.2. The minimum atomic E-state index is -0.131. The van der Waals surface area contributed by atoms with Gasteiger partial charge in [-0.2, -0.15) is 0 Å². The van der Waals surface area contributed by atoms with Crippen molar-refractivity contribution >= 4 is 11.9 Å². The van der Waals surface area contributed by atoms with Crippen molar-refractivity contribution in [2.45, 2.75) is 25.3 Å². The van der Waals surface area contributed by atoms with Crippen LogP contribution in [-0.4, -0.2) is 41.5 Å². The number of aromatic nitrogens is 2. The molecule has 0 bridgehead atoms. The number of amides is 1. The van der Waals surface area contributed by atoms with Crippen molar-refractivity contribution in [2.75, 3.05) is 26.5 Å². The van der Waals surface area contributed by atoms with Gasteiger partial charge in [-0.15, -0.1) is 0 Å². The van der Waals surface area contributed by atoms with E-state index in [1.54, 1.807) is 20.4 Å². The van der Waals surface area contributed by atoms with Gasteiger partial charge in [0.2, 0.25) is 11.9 Å². The van der Waals surface area contributed by atoms with Gasteiger partial charge in [-0.1, -0.05) is 24.3 Å². The molecule has 2 N–H and O–H groups in total. The summed E-state index contributed by atoms with van der Waals surface area (Å²) in [6.07, 6.45) is 3.84. The Labute approximate surface area is 181 Å². The van der Waals surface area contributed by atoms with Gasteiger partial charge >= 0.3 is 0 Å². The van der Waals surface area contributed by atoms with Gasteiger partial charge in [0.15, 0.2) is 0 Å². The van der Waals surface area contributed by atoms with Crippen molar-refractivity contribution in [1.82, 2.24) is 14.9 Å². The maximum Gasteiger partial charge on any atom is 0.227 e. The van der Waals surface area contributed by atoms with Crippen LogP contribution in [0.4, 0.5) is 5.95 Å². The molecule has 0 radical (unpaired) electrons. The van der Waals surface area contributed by atoms with Crippen molar-refractivity contribution < 1.29 is 14.3 Å². The number of hydrogen-bond donors (Lipinski definition) is 1. The summed E-state index contributed by atoms with van der Waals surface area (Å²) in [4.78, 5) is 23.9. The first kappa shape index (κ1) is 20.7. The average Bonchev–Trinajstić information content (AvgIpc) is 3.30. The van der Waals surface area contributed by atoms with E-state index >= 15 is 0 Å². The normalized spacial score (nSPS) is 15.7. The minimum Gasteiger partial charge on any atom is -0.497 e. The summed E-state index contributed by atoms with van der Waals surface area (Å²) >= 11 is 0. The number of nitrogen functional groups attached to an aromatic ring is 1. The maximum absolute atomic E-state index is 13.2. The van der Waals surface area contributed by atoms with Crippen LogP contribution >= 0.6 is 0 Å². The van der Waals surface area contributed by atoms with Gasteiger partial charge < -0.3 is 20.1 Å². The molecule has 1 amide bonds. The highest BCUT2D eigenvalue weighted by atomic mass is 16.5. The molecule has 2 heterocycles. The molecular weight excluding hydrogens is 392 g/mol. The molecule has 1 aromatic heterocycles. The zero-order chi connectivity index (χ0) is 21.8. The van der Waals surface area contributed by atoms with Crippen molar-refractivity contribution in [1.29, 1.82) is 0 Å². The number of rotatable bonds is 6. The quantitative estimate of drug-likeness (QED) is 0.657. The van der Waals surface area contributed by atoms with E-state index in [-0.39, 0.29) is 17.9 Å². The summed E-state index contributed by atoms with van der Waals surface area (Å²) in [6.45, 7) is 0.700. The third-order valence-electron chi connectivity index (χ3n) is 5.64. The standard InChI is InChI=1S/C24H26N4O3/c1-30-18-9-5-16(6-10-18)14-22(29)28-13-3-4-21(28)23-20(15-26-24(25)27-23)17-7-11-19(31-2)12-8-17/h5-12,15,21H,3-4,13-14H2,1-2H3,(H2,25,26,27)/t21-/m0/s1. The van der Waals surface area contributed by atoms with Crippen molar-refractivity contribution in [2.24, 2.45) is 0 Å². The summed E-state index contributed by atoms with van der Waals surface area (Å²) in [5.41, 5.74) is 9.52. The molecule has 160 valence electrons. The van der Waals surface area contributed by atoms with Gasteiger partial charge in [-0.25, -0.2) is 9.97 Å². The molecular formula is C24H26N4O3. The number of ether oxygens (including phenoxy) is 2. The van der Waals surface area contributed by atoms with Crippen LogP contribution < -0.4 is 15.2 Å². The molecule has 0 saturated carbocycles. The molecule has 0 unspecified atom stereocenters. The molecule has 0 aliphatic carbocycles. The van der Waals surface area contributed by atoms with E-state index in [0.717, 1.165) is 46.7 Å². The van der Waals surface area contributed by atoms with Gasteiger partial charge in [0.05, 0.1) is 32.4 Å². The zero-order valence-corrected chi connectivity index (χ0v) is 17.7. The monoisotopic (exact) mass is 418 g/mol. The Morgan fingerprint density at radius 3 is 2.35 bits per heavy atom. The van der Waals surface area contributed by atoms with Gasteiger partial charge in [-0.05, 0) is 48.2 Å². The number of nitrogens with zero attached hydrogens (tertiary/aromatic N) is 3. The third kappa shape index (κ3) is 4.45. The predicted octanol–water partition coefficient (Wildman–Crippen LogP) is 3.65. The first-order chi connectivity index (χ1) is 15.1. The lowest BCUT2D eigenvalue weighted by molar-refractivity contribution is -0.131. The number of methoxy groups -OCH3 is 2. The first-order valence-electron chi connectivity index (χ1n) is 10.3. The molecule has 7 heteroatoms. The molecule has 3 aromatic rings. The molecule has 1 aliphatic heterocycles. The summed E-state index contributed by atoms with van der Waals surface area (Å²) < 4.78 is 10.5. The Hall–Kier alpha value is -3.61. The molecule has 31 heavy (non-hydrogen) atoms. The van der Waals surface area contributed by atoms with Crippen molar-refractivity contribution in [3.8, 4) is 22.6 Å². The number of carbonyl (C=O) groups is 1. The topological polar surface area (TPSA) is 90.6 Å². The largest absolute Gasteiger partial charge is 0.497 e. The van der Waals surface area contributed by atoms with Gasteiger partial charge in [-0.3, -0.25) is 4.79 Å². The molecule has 1 atom stereocenters. The second-order valence-electron chi connectivity index (χ2n) is 7.53. The first-order valence-corrected chi connectivity index (χ1v) is 10.3. The van der Waals surface area contributed by atoms with E-state index in [2.05, 4.69) is 9.97 Å². The van der Waals surface area contributed by atoms with Crippen LogP contribution in [0.5, 0.6) is 11.5 Å². The van der Waals surface area contributed by atoms with Crippen LogP contribution in [0.3, 0.4) is 0 Å². The highest BCUT2D eigenvalue weighted by Crippen LogP contribution is 2.37. The summed E-state index contributed by atoms with van der Waals surface area (Å²) in [7, 11) is 3.26. The molecule has 2 aromatic carbocycles. The predicted molar refractivity (Wildman–Crippen MR) is 119 cm³/mol. The fourth-order valence-corrected chi connectivity index (χ4v) is 4.03. The van der Waals surface area contributed by atoms with Crippen LogP contribution in [0.1, 0.15) is 30.1 Å². The van der Waals surface area contributed by atoms with E-state index in [1.165, 1.54) is 0 Å². The Kier molecular flexibility index (Phi) is 6.02. The highest BCUT2D eigenvalue weighted by molar-refractivity contribution is 5.80. The number of benzene rings is 2. The van der Waals surface area contributed by atoms with Gasteiger partial charge in [0, 0.05) is 18.3 Å². The number of carbonyl (C=O) groups excluding carboxylic acids is 1. The lowest BCUT2D eigenvalue weighted by Gasteiger charge is -2.26. The van der Waals surface area contributed by atoms with Crippen molar-refractivity contribution in [3.63, 3.8) is 0 Å². The Morgan fingerprint density at radius 1 is 1.06 bits per heavy atom. The molecule has 1 saturated heterocycles. The molecule has 7 nitrogen and oxygen atoms in total. The van der Waals surface area contributed by atoms with E-state index in [0.29, 0.717) is 13.0 Å². The highest BCUT2D eigenvalue weighted by Gasteiger charge is 2.33. The second kappa shape index (κ2) is 9.04. The Morgan fingerprint density at radius 2 is 1.71 bits per heavy atom. The van der Waals surface area contributed by atoms with Gasteiger partial charge in [0.1, 0.15) is 11.5 Å². The van der Waals surface area contributed by atoms with Crippen LogP contribution in [0.2, 0.25) is 0 Å². The number of nitrogens with two attached hydrogens (primary N) is 1. The average molecular weight is 418 g/mol. The third-order valence-corrected chi connectivity index (χ3v) is 5.64. The van der Waals surface area contributed by atoms with Crippen LogP contribution in [0.15, 0.2) is 54.7 Å². The van der Waals surface area contributed by atoms with Crippen LogP contribution in [0, 0.1) is 0 Å². The van der Waals surface area contributed by atoms with E-state index in [9.17, 15) is 4.79 Å². The van der Waals surface area contributed by atoms with Crippen LogP contribution in [-0.2, 0) is 11.2 Å². The fraction of sp³-hybridized carbons (Fsp3) is 0.292. The minimum absolute atomic E-state index is 0.0746. The SMILES string of the molecule is COc1ccc(CC(=O)N2CCC[C@H]2c2nc(N)ncc2-c2ccc(OC)cc2)cc1. The smallest absolute Gasteiger partial charge is 0.227 e. The lowest BCUT2D eigenvalue weighted by Crippen LogP contribution is -2.32. The number of anilines is 1. The van der Waals surface area contributed by atoms with Crippen LogP contribution in [0.25, 0.3) is 11.1 Å². The van der Waals surface area contributed by atoms with E-state index in [1.807, 2.05) is 53.4 Å². The summed E-state index contributed by atoms with van der Waals surface area (Å²) in [5.74, 6) is 1.84. The second-order valence-corrected chi connectivity index (χ2v) is 7.53. The van der Waals surface area contributed by atoms with E-state index < -0.39 is 0 Å². The fourth-order valence-electron chi connectivity index (χ4n) is 4.03. The molecule has 1 fully saturated rings. The molecule has 0 spiro atoms. The molecule has 1 aliphatic rings. The number of likely N-dealkylation sites (tertiary alicyclic amines) is 1.